The molecule has 6 heteroatoms. The largest absolute Gasteiger partial charge is 0.469 e. The van der Waals surface area contributed by atoms with Crippen molar-refractivity contribution in [1.82, 2.24) is 14.8 Å². The van der Waals surface area contributed by atoms with Gasteiger partial charge in [-0.3, -0.25) is 4.79 Å². The van der Waals surface area contributed by atoms with Gasteiger partial charge in [-0.05, 0) is 39.3 Å². The number of nitrogens with zero attached hydrogens (tertiary/aromatic N) is 3. The Balaban J connectivity index is 1.53. The Bertz CT molecular complexity index is 679. The van der Waals surface area contributed by atoms with Gasteiger partial charge in [-0.15, -0.1) is 11.3 Å². The molecule has 2 aromatic rings. The second-order valence-corrected chi connectivity index (χ2v) is 7.29. The number of amides is 1. The van der Waals surface area contributed by atoms with Gasteiger partial charge >= 0.3 is 0 Å². The number of carbonyl (C=O) groups is 1. The van der Waals surface area contributed by atoms with Crippen molar-refractivity contribution in [3.63, 3.8) is 0 Å². The van der Waals surface area contributed by atoms with Crippen LogP contribution >= 0.6 is 11.3 Å². The van der Waals surface area contributed by atoms with Gasteiger partial charge in [0.2, 0.25) is 0 Å². The summed E-state index contributed by atoms with van der Waals surface area (Å²) in [4.78, 5) is 22.4. The van der Waals surface area contributed by atoms with Crippen LogP contribution in [0.4, 0.5) is 0 Å². The van der Waals surface area contributed by atoms with Crippen molar-refractivity contribution < 1.29 is 9.21 Å². The standard InChI is InChI=1S/C17H23N3O2S/c1-12-16(23-11-18-12)10-19(3)8-14-4-6-20(9-14)17(21)15-5-7-22-13(15)2/h5,7,11,14H,4,6,8-10H2,1-3H3/t14-/m0/s1. The van der Waals surface area contributed by atoms with Crippen LogP contribution in [-0.2, 0) is 6.54 Å². The van der Waals surface area contributed by atoms with Gasteiger partial charge in [0.25, 0.3) is 5.91 Å². The molecule has 124 valence electrons. The van der Waals surface area contributed by atoms with Gasteiger partial charge in [0, 0.05) is 31.1 Å². The average Bonchev–Trinajstić information content (AvgIpc) is 3.22. The zero-order chi connectivity index (χ0) is 16.4. The molecule has 23 heavy (non-hydrogen) atoms. The van der Waals surface area contributed by atoms with Crippen LogP contribution in [0.5, 0.6) is 0 Å². The number of aromatic nitrogens is 1. The third kappa shape index (κ3) is 3.64. The van der Waals surface area contributed by atoms with Crippen LogP contribution in [0.1, 0.15) is 33.1 Å². The minimum absolute atomic E-state index is 0.0969. The Morgan fingerprint density at radius 1 is 1.52 bits per heavy atom. The monoisotopic (exact) mass is 333 g/mol. The molecule has 0 N–H and O–H groups in total. The van der Waals surface area contributed by atoms with E-state index in [2.05, 4.69) is 23.9 Å². The van der Waals surface area contributed by atoms with Crippen LogP contribution in [0.2, 0.25) is 0 Å². The molecule has 0 unspecified atom stereocenters. The molecule has 3 heterocycles. The number of aryl methyl sites for hydroxylation is 2. The SMILES string of the molecule is Cc1ncsc1CN(C)C[C@@H]1CCN(C(=O)c2ccoc2C)C1. The van der Waals surface area contributed by atoms with Crippen molar-refractivity contribution in [2.45, 2.75) is 26.8 Å². The lowest BCUT2D eigenvalue weighted by atomic mass is 10.1. The normalized spacial score (nSPS) is 18.1. The number of thiazole rings is 1. The first-order valence-corrected chi connectivity index (χ1v) is 8.83. The predicted molar refractivity (Wildman–Crippen MR) is 90.6 cm³/mol. The highest BCUT2D eigenvalue weighted by molar-refractivity contribution is 7.09. The van der Waals surface area contributed by atoms with E-state index in [-0.39, 0.29) is 5.91 Å². The van der Waals surface area contributed by atoms with E-state index in [0.717, 1.165) is 38.3 Å². The third-order valence-electron chi connectivity index (χ3n) is 4.49. The van der Waals surface area contributed by atoms with Gasteiger partial charge in [-0.2, -0.15) is 0 Å². The zero-order valence-electron chi connectivity index (χ0n) is 13.9. The summed E-state index contributed by atoms with van der Waals surface area (Å²) in [5, 5.41) is 0. The van der Waals surface area contributed by atoms with Crippen molar-refractivity contribution in [3.05, 3.63) is 39.7 Å². The van der Waals surface area contributed by atoms with Gasteiger partial charge < -0.3 is 14.2 Å². The molecule has 3 rings (SSSR count). The zero-order valence-corrected chi connectivity index (χ0v) is 14.7. The quantitative estimate of drug-likeness (QED) is 0.844. The Morgan fingerprint density at radius 3 is 3.00 bits per heavy atom. The Kier molecular flexibility index (Phi) is 4.82. The molecule has 1 saturated heterocycles. The number of hydrogen-bond acceptors (Lipinski definition) is 5. The summed E-state index contributed by atoms with van der Waals surface area (Å²) < 4.78 is 5.25. The number of hydrogen-bond donors (Lipinski definition) is 0. The van der Waals surface area contributed by atoms with Crippen LogP contribution in [0.15, 0.2) is 22.3 Å². The maximum atomic E-state index is 12.5. The molecule has 1 fully saturated rings. The highest BCUT2D eigenvalue weighted by Crippen LogP contribution is 2.22. The highest BCUT2D eigenvalue weighted by Gasteiger charge is 2.29. The fraction of sp³-hybridized carbons (Fsp3) is 0.529. The number of furan rings is 1. The first kappa shape index (κ1) is 16.2. The Morgan fingerprint density at radius 2 is 2.35 bits per heavy atom. The summed E-state index contributed by atoms with van der Waals surface area (Å²) >= 11 is 1.71. The summed E-state index contributed by atoms with van der Waals surface area (Å²) in [6.07, 6.45) is 2.65. The molecule has 1 aliphatic rings. The highest BCUT2D eigenvalue weighted by atomic mass is 32.1. The van der Waals surface area contributed by atoms with Crippen molar-refractivity contribution >= 4 is 17.2 Å². The summed E-state index contributed by atoms with van der Waals surface area (Å²) in [7, 11) is 2.14. The Labute approximate surface area is 140 Å². The molecular weight excluding hydrogens is 310 g/mol. The van der Waals surface area contributed by atoms with E-state index >= 15 is 0 Å². The molecule has 2 aromatic heterocycles. The van der Waals surface area contributed by atoms with Crippen LogP contribution in [0.3, 0.4) is 0 Å². The summed E-state index contributed by atoms with van der Waals surface area (Å²) in [5.41, 5.74) is 3.72. The third-order valence-corrected chi connectivity index (χ3v) is 5.41. The minimum Gasteiger partial charge on any atom is -0.469 e. The van der Waals surface area contributed by atoms with E-state index in [0.29, 0.717) is 17.2 Å². The molecule has 0 saturated carbocycles. The Hall–Kier alpha value is -1.66. The second-order valence-electron chi connectivity index (χ2n) is 6.35. The van der Waals surface area contributed by atoms with Crippen molar-refractivity contribution in [1.29, 1.82) is 0 Å². The van der Waals surface area contributed by atoms with E-state index in [4.69, 9.17) is 4.42 Å². The van der Waals surface area contributed by atoms with Crippen molar-refractivity contribution in [2.24, 2.45) is 5.92 Å². The predicted octanol–water partition coefficient (Wildman–Crippen LogP) is 2.95. The van der Waals surface area contributed by atoms with Crippen LogP contribution in [0.25, 0.3) is 0 Å². The molecule has 1 amide bonds. The summed E-state index contributed by atoms with van der Waals surface area (Å²) in [6.45, 7) is 7.50. The van der Waals surface area contributed by atoms with Crippen LogP contribution in [-0.4, -0.2) is 47.4 Å². The summed E-state index contributed by atoms with van der Waals surface area (Å²) in [5.74, 6) is 1.33. The molecule has 1 aliphatic heterocycles. The molecule has 1 atom stereocenters. The fourth-order valence-corrected chi connectivity index (χ4v) is 4.03. The molecule has 5 nitrogen and oxygen atoms in total. The maximum Gasteiger partial charge on any atom is 0.257 e. The lowest BCUT2D eigenvalue weighted by Gasteiger charge is -2.21. The van der Waals surface area contributed by atoms with Crippen molar-refractivity contribution in [3.8, 4) is 0 Å². The number of carbonyl (C=O) groups excluding carboxylic acids is 1. The molecule has 0 aliphatic carbocycles. The van der Waals surface area contributed by atoms with Crippen LogP contribution < -0.4 is 0 Å². The maximum absolute atomic E-state index is 12.5. The molecule has 0 spiro atoms. The topological polar surface area (TPSA) is 49.6 Å². The molecule has 0 bridgehead atoms. The van der Waals surface area contributed by atoms with Crippen molar-refractivity contribution in [2.75, 3.05) is 26.7 Å². The average molecular weight is 333 g/mol. The minimum atomic E-state index is 0.0969. The fourth-order valence-electron chi connectivity index (χ4n) is 3.17. The van der Waals surface area contributed by atoms with E-state index < -0.39 is 0 Å². The van der Waals surface area contributed by atoms with Gasteiger partial charge in [0.05, 0.1) is 23.0 Å². The van der Waals surface area contributed by atoms with Gasteiger partial charge in [-0.25, -0.2) is 4.98 Å². The second kappa shape index (κ2) is 6.84. The smallest absolute Gasteiger partial charge is 0.257 e. The first-order chi connectivity index (χ1) is 11.0. The lowest BCUT2D eigenvalue weighted by Crippen LogP contribution is -2.31. The van der Waals surface area contributed by atoms with E-state index in [1.807, 2.05) is 17.3 Å². The molecular formula is C17H23N3O2S. The van der Waals surface area contributed by atoms with E-state index in [1.54, 1.807) is 23.7 Å². The first-order valence-electron chi connectivity index (χ1n) is 7.95. The van der Waals surface area contributed by atoms with Gasteiger partial charge in [-0.1, -0.05) is 0 Å². The van der Waals surface area contributed by atoms with E-state index in [9.17, 15) is 4.79 Å². The molecule has 0 aromatic carbocycles. The number of rotatable bonds is 5. The van der Waals surface area contributed by atoms with E-state index in [1.165, 1.54) is 4.88 Å². The van der Waals surface area contributed by atoms with Gasteiger partial charge in [0.15, 0.2) is 0 Å². The van der Waals surface area contributed by atoms with Crippen LogP contribution in [0, 0.1) is 19.8 Å². The lowest BCUT2D eigenvalue weighted by molar-refractivity contribution is 0.0782. The molecule has 0 radical (unpaired) electrons. The summed E-state index contributed by atoms with van der Waals surface area (Å²) in [6, 6.07) is 1.77. The number of likely N-dealkylation sites (tertiary alicyclic amines) is 1. The van der Waals surface area contributed by atoms with Gasteiger partial charge in [0.1, 0.15) is 5.76 Å².